The van der Waals surface area contributed by atoms with Gasteiger partial charge in [0.2, 0.25) is 0 Å². The second-order valence-electron chi connectivity index (χ2n) is 9.58. The van der Waals surface area contributed by atoms with E-state index < -0.39 is 0 Å². The van der Waals surface area contributed by atoms with Crippen LogP contribution in [-0.2, 0) is 14.3 Å². The van der Waals surface area contributed by atoms with E-state index in [0.29, 0.717) is 23.0 Å². The zero-order valence-electron chi connectivity index (χ0n) is 15.5. The molecule has 0 aromatic heterocycles. The van der Waals surface area contributed by atoms with E-state index >= 15 is 0 Å². The fourth-order valence-electron chi connectivity index (χ4n) is 7.33. The molecule has 0 spiro atoms. The van der Waals surface area contributed by atoms with Crippen molar-refractivity contribution < 1.29 is 14.3 Å². The molecule has 0 unspecified atom stereocenters. The molecule has 3 nitrogen and oxygen atoms in total. The van der Waals surface area contributed by atoms with Crippen LogP contribution < -0.4 is 0 Å². The number of ketones is 1. The first kappa shape index (κ1) is 16.6. The van der Waals surface area contributed by atoms with E-state index in [1.165, 1.54) is 32.6 Å². The zero-order valence-corrected chi connectivity index (χ0v) is 15.5. The highest BCUT2D eigenvalue weighted by Crippen LogP contribution is 2.65. The van der Waals surface area contributed by atoms with Gasteiger partial charge >= 0.3 is 5.97 Å². The Morgan fingerprint density at radius 2 is 1.83 bits per heavy atom. The van der Waals surface area contributed by atoms with Gasteiger partial charge < -0.3 is 4.74 Å². The zero-order chi connectivity index (χ0) is 17.1. The maximum atomic E-state index is 12.5. The average Bonchev–Trinajstić information content (AvgIpc) is 2.83. The van der Waals surface area contributed by atoms with Gasteiger partial charge in [0.15, 0.2) is 0 Å². The maximum Gasteiger partial charge on any atom is 0.302 e. The third-order valence-corrected chi connectivity index (χ3v) is 8.66. The van der Waals surface area contributed by atoms with Crippen molar-refractivity contribution in [2.45, 2.75) is 84.7 Å². The summed E-state index contributed by atoms with van der Waals surface area (Å²) in [6.45, 7) is 6.30. The predicted octanol–water partition coefficient (Wildman–Crippen LogP) is 4.53. The molecule has 0 aliphatic heterocycles. The molecule has 4 aliphatic carbocycles. The number of carbonyl (C=O) groups is 2. The van der Waals surface area contributed by atoms with Gasteiger partial charge in [0.1, 0.15) is 11.9 Å². The van der Waals surface area contributed by atoms with Crippen molar-refractivity contribution in [3.8, 4) is 0 Å². The van der Waals surface area contributed by atoms with Crippen LogP contribution in [0.2, 0.25) is 0 Å². The Balaban J connectivity index is 1.54. The van der Waals surface area contributed by atoms with Gasteiger partial charge in [-0.3, -0.25) is 9.59 Å². The van der Waals surface area contributed by atoms with Crippen molar-refractivity contribution >= 4 is 11.8 Å². The van der Waals surface area contributed by atoms with E-state index in [-0.39, 0.29) is 17.5 Å². The summed E-state index contributed by atoms with van der Waals surface area (Å²) in [6, 6.07) is 0. The van der Waals surface area contributed by atoms with E-state index in [1.807, 2.05) is 0 Å². The molecule has 4 fully saturated rings. The molecule has 0 N–H and O–H groups in total. The van der Waals surface area contributed by atoms with Crippen LogP contribution in [0.4, 0.5) is 0 Å². The van der Waals surface area contributed by atoms with Crippen LogP contribution in [0.1, 0.15) is 78.6 Å². The molecular formula is C21H32O3. The van der Waals surface area contributed by atoms with Gasteiger partial charge in [0.05, 0.1) is 0 Å². The summed E-state index contributed by atoms with van der Waals surface area (Å²) in [7, 11) is 0. The first-order chi connectivity index (χ1) is 11.3. The second kappa shape index (κ2) is 5.57. The number of Topliss-reactive ketones (excluding diaryl/α,β-unsaturated/α-hetero) is 1. The predicted molar refractivity (Wildman–Crippen MR) is 92.3 cm³/mol. The third-order valence-electron chi connectivity index (χ3n) is 8.66. The number of carbonyl (C=O) groups excluding carboxylic acids is 2. The van der Waals surface area contributed by atoms with Gasteiger partial charge in [0, 0.05) is 18.8 Å². The van der Waals surface area contributed by atoms with Crippen LogP contribution in [0.15, 0.2) is 0 Å². The SMILES string of the molecule is CC(=O)O[C@@H]1CC[C@@]2(C)[C@@H](CC[C@@H]3[C@H]2CC[C@]2(C)C(=O)CC[C@@H]32)C1. The van der Waals surface area contributed by atoms with Crippen molar-refractivity contribution in [3.05, 3.63) is 0 Å². The van der Waals surface area contributed by atoms with E-state index in [9.17, 15) is 9.59 Å². The van der Waals surface area contributed by atoms with Gasteiger partial charge in [-0.25, -0.2) is 0 Å². The monoisotopic (exact) mass is 332 g/mol. The number of esters is 1. The summed E-state index contributed by atoms with van der Waals surface area (Å²) in [5.41, 5.74) is 0.381. The summed E-state index contributed by atoms with van der Waals surface area (Å²) in [5, 5.41) is 0. The number of rotatable bonds is 1. The molecule has 0 radical (unpaired) electrons. The van der Waals surface area contributed by atoms with Crippen LogP contribution in [0.5, 0.6) is 0 Å². The third kappa shape index (κ3) is 2.29. The Kier molecular flexibility index (Phi) is 3.85. The normalized spacial score (nSPS) is 50.6. The standard InChI is InChI=1S/C21H32O3/c1-13(22)24-15-8-10-20(2)14(12-15)4-5-16-17-6-7-19(23)21(17,3)11-9-18(16)20/h14-18H,4-12H2,1-3H3/t14-,15+,16-,17-,18+,20-,21-/m0/s1. The lowest BCUT2D eigenvalue weighted by atomic mass is 9.45. The fourth-order valence-corrected chi connectivity index (χ4v) is 7.33. The summed E-state index contributed by atoms with van der Waals surface area (Å²) in [5.74, 6) is 3.26. The van der Waals surface area contributed by atoms with Crippen molar-refractivity contribution in [2.24, 2.45) is 34.5 Å². The molecule has 0 heterocycles. The van der Waals surface area contributed by atoms with Gasteiger partial charge in [-0.1, -0.05) is 13.8 Å². The summed E-state index contributed by atoms with van der Waals surface area (Å²) < 4.78 is 5.54. The quantitative estimate of drug-likeness (QED) is 0.663. The molecule has 4 aliphatic rings. The minimum atomic E-state index is -0.129. The van der Waals surface area contributed by atoms with Crippen molar-refractivity contribution in [3.63, 3.8) is 0 Å². The van der Waals surface area contributed by atoms with E-state index in [4.69, 9.17) is 4.74 Å². The van der Waals surface area contributed by atoms with Gasteiger partial charge in [0.25, 0.3) is 0 Å². The molecule has 0 aromatic rings. The Morgan fingerprint density at radius 1 is 1.04 bits per heavy atom. The molecule has 134 valence electrons. The molecule has 7 atom stereocenters. The number of fused-ring (bicyclic) bond motifs is 5. The Bertz CT molecular complexity index is 555. The average molecular weight is 332 g/mol. The number of hydrogen-bond acceptors (Lipinski definition) is 3. The van der Waals surface area contributed by atoms with E-state index in [2.05, 4.69) is 13.8 Å². The molecular weight excluding hydrogens is 300 g/mol. The smallest absolute Gasteiger partial charge is 0.302 e. The van der Waals surface area contributed by atoms with Crippen LogP contribution in [-0.4, -0.2) is 17.9 Å². The highest BCUT2D eigenvalue weighted by molar-refractivity contribution is 5.87. The lowest BCUT2D eigenvalue weighted by Gasteiger charge is -2.60. The van der Waals surface area contributed by atoms with E-state index in [1.54, 1.807) is 0 Å². The van der Waals surface area contributed by atoms with Crippen LogP contribution in [0.25, 0.3) is 0 Å². The van der Waals surface area contributed by atoms with Crippen LogP contribution >= 0.6 is 0 Å². The van der Waals surface area contributed by atoms with E-state index in [0.717, 1.165) is 43.9 Å². The first-order valence-corrected chi connectivity index (χ1v) is 10.0. The Morgan fingerprint density at radius 3 is 2.58 bits per heavy atom. The highest BCUT2D eigenvalue weighted by atomic mass is 16.5. The van der Waals surface area contributed by atoms with Crippen molar-refractivity contribution in [1.29, 1.82) is 0 Å². The highest BCUT2D eigenvalue weighted by Gasteiger charge is 2.60. The summed E-state index contributed by atoms with van der Waals surface area (Å²) >= 11 is 0. The molecule has 0 amide bonds. The molecule has 0 aromatic carbocycles. The molecule has 0 bridgehead atoms. The van der Waals surface area contributed by atoms with Gasteiger partial charge in [-0.05, 0) is 80.5 Å². The van der Waals surface area contributed by atoms with Crippen LogP contribution in [0.3, 0.4) is 0 Å². The van der Waals surface area contributed by atoms with Crippen molar-refractivity contribution in [1.82, 2.24) is 0 Å². The van der Waals surface area contributed by atoms with Gasteiger partial charge in [-0.2, -0.15) is 0 Å². The fraction of sp³-hybridized carbons (Fsp3) is 0.905. The molecule has 3 heteroatoms. The van der Waals surface area contributed by atoms with Crippen molar-refractivity contribution in [2.75, 3.05) is 0 Å². The first-order valence-electron chi connectivity index (χ1n) is 10.0. The molecule has 4 rings (SSSR count). The largest absolute Gasteiger partial charge is 0.463 e. The molecule has 4 saturated carbocycles. The minimum absolute atomic E-state index is 0.0146. The number of hydrogen-bond donors (Lipinski definition) is 0. The summed E-state index contributed by atoms with van der Waals surface area (Å²) in [6.07, 6.45) is 10.2. The topological polar surface area (TPSA) is 43.4 Å². The molecule has 0 saturated heterocycles. The maximum absolute atomic E-state index is 12.5. The lowest BCUT2D eigenvalue weighted by molar-refractivity contribution is -0.160. The summed E-state index contributed by atoms with van der Waals surface area (Å²) in [4.78, 5) is 23.8. The van der Waals surface area contributed by atoms with Gasteiger partial charge in [-0.15, -0.1) is 0 Å². The Labute approximate surface area is 145 Å². The molecule has 24 heavy (non-hydrogen) atoms. The van der Waals surface area contributed by atoms with Crippen LogP contribution in [0, 0.1) is 34.5 Å². The lowest BCUT2D eigenvalue weighted by Crippen LogP contribution is -2.54. The Hall–Kier alpha value is -0.860. The second-order valence-corrected chi connectivity index (χ2v) is 9.58. The number of ether oxygens (including phenoxy) is 1. The minimum Gasteiger partial charge on any atom is -0.463 e.